The summed E-state index contributed by atoms with van der Waals surface area (Å²) < 4.78 is 11.8. The van der Waals surface area contributed by atoms with Crippen LogP contribution in [0.2, 0.25) is 0 Å². The number of ether oxygens (including phenoxy) is 1. The zero-order valence-corrected chi connectivity index (χ0v) is 11.4. The number of nitrogens with one attached hydrogen (secondary N) is 1. The van der Waals surface area contributed by atoms with E-state index in [0.29, 0.717) is 12.7 Å². The van der Waals surface area contributed by atoms with Crippen LogP contribution < -0.4 is 5.32 Å². The standard InChI is InChI=1S/C16H21NO2/c1-2-17-10-14-13-8-3-4-9-15(13)19-16(14)11-18-12-6-5-7-12/h3-4,8-9,12,17H,2,5-7,10-11H2,1H3. The summed E-state index contributed by atoms with van der Waals surface area (Å²) in [5, 5.41) is 4.59. The van der Waals surface area contributed by atoms with Crippen LogP contribution in [-0.2, 0) is 17.9 Å². The van der Waals surface area contributed by atoms with Gasteiger partial charge in [-0.1, -0.05) is 25.1 Å². The van der Waals surface area contributed by atoms with Crippen LogP contribution in [0.5, 0.6) is 0 Å². The second-order valence-corrected chi connectivity index (χ2v) is 5.14. The van der Waals surface area contributed by atoms with Crippen LogP contribution in [0.1, 0.15) is 37.5 Å². The molecule has 0 amide bonds. The zero-order chi connectivity index (χ0) is 13.1. The minimum Gasteiger partial charge on any atom is -0.458 e. The van der Waals surface area contributed by atoms with Crippen molar-refractivity contribution in [3.05, 3.63) is 35.6 Å². The predicted molar refractivity (Wildman–Crippen MR) is 76.0 cm³/mol. The zero-order valence-electron chi connectivity index (χ0n) is 11.4. The highest BCUT2D eigenvalue weighted by molar-refractivity contribution is 5.82. The number of fused-ring (bicyclic) bond motifs is 1. The van der Waals surface area contributed by atoms with Crippen LogP contribution in [0.4, 0.5) is 0 Å². The number of para-hydroxylation sites is 1. The quantitative estimate of drug-likeness (QED) is 0.860. The van der Waals surface area contributed by atoms with Crippen molar-refractivity contribution in [3.63, 3.8) is 0 Å². The molecule has 0 unspecified atom stereocenters. The first kappa shape index (κ1) is 12.7. The first-order chi connectivity index (χ1) is 9.38. The molecule has 102 valence electrons. The highest BCUT2D eigenvalue weighted by Crippen LogP contribution is 2.29. The molecule has 3 heteroatoms. The molecule has 1 aliphatic carbocycles. The molecule has 0 aliphatic heterocycles. The Labute approximate surface area is 113 Å². The van der Waals surface area contributed by atoms with Crippen molar-refractivity contribution in [2.45, 2.75) is 45.4 Å². The summed E-state index contributed by atoms with van der Waals surface area (Å²) in [5.74, 6) is 0.981. The van der Waals surface area contributed by atoms with Gasteiger partial charge in [-0.25, -0.2) is 0 Å². The molecule has 1 N–H and O–H groups in total. The van der Waals surface area contributed by atoms with E-state index in [4.69, 9.17) is 9.15 Å². The van der Waals surface area contributed by atoms with E-state index in [1.54, 1.807) is 0 Å². The number of hydrogen-bond donors (Lipinski definition) is 1. The third-order valence-corrected chi connectivity index (χ3v) is 3.84. The van der Waals surface area contributed by atoms with Crippen LogP contribution in [0.3, 0.4) is 0 Å². The van der Waals surface area contributed by atoms with E-state index in [1.165, 1.54) is 30.2 Å². The van der Waals surface area contributed by atoms with Crippen LogP contribution in [-0.4, -0.2) is 12.6 Å². The fourth-order valence-corrected chi connectivity index (χ4v) is 2.44. The second-order valence-electron chi connectivity index (χ2n) is 5.14. The molecule has 2 aromatic rings. The van der Waals surface area contributed by atoms with E-state index < -0.39 is 0 Å². The Hall–Kier alpha value is -1.32. The molecule has 0 atom stereocenters. The average Bonchev–Trinajstić information content (AvgIpc) is 2.72. The normalized spacial score (nSPS) is 15.8. The van der Waals surface area contributed by atoms with Crippen molar-refractivity contribution in [2.75, 3.05) is 6.54 Å². The molecule has 1 fully saturated rings. The molecule has 1 aromatic heterocycles. The van der Waals surface area contributed by atoms with Crippen molar-refractivity contribution < 1.29 is 9.15 Å². The molecule has 0 saturated heterocycles. The van der Waals surface area contributed by atoms with E-state index in [2.05, 4.69) is 24.4 Å². The number of rotatable bonds is 6. The summed E-state index contributed by atoms with van der Waals surface area (Å²) in [6, 6.07) is 8.22. The van der Waals surface area contributed by atoms with Gasteiger partial charge in [-0.15, -0.1) is 0 Å². The third kappa shape index (κ3) is 2.67. The molecular formula is C16H21NO2. The minimum absolute atomic E-state index is 0.445. The van der Waals surface area contributed by atoms with Gasteiger partial charge in [-0.2, -0.15) is 0 Å². The van der Waals surface area contributed by atoms with Crippen LogP contribution >= 0.6 is 0 Å². The minimum atomic E-state index is 0.445. The smallest absolute Gasteiger partial charge is 0.135 e. The van der Waals surface area contributed by atoms with Crippen molar-refractivity contribution in [3.8, 4) is 0 Å². The monoisotopic (exact) mass is 259 g/mol. The molecule has 0 radical (unpaired) electrons. The van der Waals surface area contributed by atoms with Crippen LogP contribution in [0.25, 0.3) is 11.0 Å². The lowest BCUT2D eigenvalue weighted by molar-refractivity contribution is -0.0156. The lowest BCUT2D eigenvalue weighted by Crippen LogP contribution is -2.21. The molecule has 1 saturated carbocycles. The number of benzene rings is 1. The van der Waals surface area contributed by atoms with Gasteiger partial charge in [-0.05, 0) is 31.9 Å². The summed E-state index contributed by atoms with van der Waals surface area (Å²) in [4.78, 5) is 0. The Morgan fingerprint density at radius 3 is 2.89 bits per heavy atom. The Bertz CT molecular complexity index is 543. The maximum atomic E-state index is 5.95. The van der Waals surface area contributed by atoms with Gasteiger partial charge in [0.05, 0.1) is 6.10 Å². The largest absolute Gasteiger partial charge is 0.458 e. The van der Waals surface area contributed by atoms with Gasteiger partial charge in [0, 0.05) is 17.5 Å². The number of hydrogen-bond acceptors (Lipinski definition) is 3. The molecule has 3 nitrogen and oxygen atoms in total. The lowest BCUT2D eigenvalue weighted by Gasteiger charge is -2.25. The average molecular weight is 259 g/mol. The first-order valence-corrected chi connectivity index (χ1v) is 7.20. The fourth-order valence-electron chi connectivity index (χ4n) is 2.44. The van der Waals surface area contributed by atoms with Crippen LogP contribution in [0.15, 0.2) is 28.7 Å². The highest BCUT2D eigenvalue weighted by Gasteiger charge is 2.20. The summed E-state index contributed by atoms with van der Waals surface area (Å²) in [6.45, 7) is 4.52. The van der Waals surface area contributed by atoms with E-state index in [0.717, 1.165) is 24.4 Å². The van der Waals surface area contributed by atoms with Crippen molar-refractivity contribution in [1.29, 1.82) is 0 Å². The van der Waals surface area contributed by atoms with Gasteiger partial charge >= 0.3 is 0 Å². The second kappa shape index (κ2) is 5.76. The summed E-state index contributed by atoms with van der Waals surface area (Å²) >= 11 is 0. The number of furan rings is 1. The predicted octanol–water partition coefficient (Wildman–Crippen LogP) is 3.61. The van der Waals surface area contributed by atoms with Crippen molar-refractivity contribution in [2.24, 2.45) is 0 Å². The summed E-state index contributed by atoms with van der Waals surface area (Å²) in [5.41, 5.74) is 2.21. The van der Waals surface area contributed by atoms with Gasteiger partial charge in [0.15, 0.2) is 0 Å². The van der Waals surface area contributed by atoms with E-state index in [1.807, 2.05) is 12.1 Å². The van der Waals surface area contributed by atoms with Gasteiger partial charge in [0.1, 0.15) is 18.0 Å². The Morgan fingerprint density at radius 1 is 1.32 bits per heavy atom. The Morgan fingerprint density at radius 2 is 2.16 bits per heavy atom. The van der Waals surface area contributed by atoms with Crippen molar-refractivity contribution >= 4 is 11.0 Å². The van der Waals surface area contributed by atoms with E-state index >= 15 is 0 Å². The molecule has 19 heavy (non-hydrogen) atoms. The third-order valence-electron chi connectivity index (χ3n) is 3.84. The molecule has 1 heterocycles. The van der Waals surface area contributed by atoms with Crippen LogP contribution in [0, 0.1) is 0 Å². The van der Waals surface area contributed by atoms with Crippen molar-refractivity contribution in [1.82, 2.24) is 5.32 Å². The van der Waals surface area contributed by atoms with E-state index in [-0.39, 0.29) is 0 Å². The summed E-state index contributed by atoms with van der Waals surface area (Å²) in [6.07, 6.45) is 4.14. The Kier molecular flexibility index (Phi) is 3.85. The molecule has 1 aromatic carbocycles. The lowest BCUT2D eigenvalue weighted by atomic mass is 9.96. The Balaban J connectivity index is 1.82. The maximum Gasteiger partial charge on any atom is 0.135 e. The topological polar surface area (TPSA) is 34.4 Å². The molecular weight excluding hydrogens is 238 g/mol. The maximum absolute atomic E-state index is 5.95. The van der Waals surface area contributed by atoms with Gasteiger partial charge in [0.2, 0.25) is 0 Å². The molecule has 0 spiro atoms. The fraction of sp³-hybridized carbons (Fsp3) is 0.500. The summed E-state index contributed by atoms with van der Waals surface area (Å²) in [7, 11) is 0. The molecule has 1 aliphatic rings. The van der Waals surface area contributed by atoms with Gasteiger partial charge in [0.25, 0.3) is 0 Å². The highest BCUT2D eigenvalue weighted by atomic mass is 16.5. The SMILES string of the molecule is CCNCc1c(COC2CCC2)oc2ccccc12. The van der Waals surface area contributed by atoms with Gasteiger partial charge in [-0.3, -0.25) is 0 Å². The molecule has 0 bridgehead atoms. The van der Waals surface area contributed by atoms with Gasteiger partial charge < -0.3 is 14.5 Å². The first-order valence-electron chi connectivity index (χ1n) is 7.20. The van der Waals surface area contributed by atoms with E-state index in [9.17, 15) is 0 Å². The molecule has 3 rings (SSSR count).